The Balaban J connectivity index is 2.19. The number of halogens is 2. The predicted octanol–water partition coefficient (Wildman–Crippen LogP) is 3.63. The molecule has 3 nitrogen and oxygen atoms in total. The molecule has 0 saturated carbocycles. The van der Waals surface area contributed by atoms with Crippen molar-refractivity contribution in [3.05, 3.63) is 57.2 Å². The number of hydrogen-bond donors (Lipinski definition) is 1. The van der Waals surface area contributed by atoms with Gasteiger partial charge in [0.1, 0.15) is 5.82 Å². The minimum Gasteiger partial charge on any atom is -0.392 e. The lowest BCUT2D eigenvalue weighted by Gasteiger charge is -2.21. The fraction of sp³-hybridized carbons (Fsp3) is 0.214. The number of aliphatic hydroxyl groups is 1. The fourth-order valence-corrected chi connectivity index (χ4v) is 2.38. The van der Waals surface area contributed by atoms with Gasteiger partial charge in [-0.15, -0.1) is 0 Å². The van der Waals surface area contributed by atoms with Gasteiger partial charge in [0.2, 0.25) is 0 Å². The molecule has 0 amide bonds. The van der Waals surface area contributed by atoms with Crippen LogP contribution in [-0.4, -0.2) is 17.1 Å². The summed E-state index contributed by atoms with van der Waals surface area (Å²) in [5.41, 5.74) is 1.94. The Labute approximate surface area is 126 Å². The van der Waals surface area contributed by atoms with E-state index in [0.717, 1.165) is 26.4 Å². The van der Waals surface area contributed by atoms with Crippen LogP contribution in [0, 0.1) is 0 Å². The van der Waals surface area contributed by atoms with E-state index in [2.05, 4.69) is 20.9 Å². The van der Waals surface area contributed by atoms with Gasteiger partial charge in [-0.2, -0.15) is 0 Å². The summed E-state index contributed by atoms with van der Waals surface area (Å²) in [5, 5.41) is 10.1. The van der Waals surface area contributed by atoms with Crippen LogP contribution in [0.1, 0.15) is 11.1 Å². The second-order valence-corrected chi connectivity index (χ2v) is 5.63. The molecule has 2 rings (SSSR count). The summed E-state index contributed by atoms with van der Waals surface area (Å²) in [7, 11) is 1.95. The Morgan fingerprint density at radius 3 is 2.63 bits per heavy atom. The van der Waals surface area contributed by atoms with Gasteiger partial charge in [-0.3, -0.25) is 0 Å². The maximum atomic E-state index is 9.39. The van der Waals surface area contributed by atoms with Crippen molar-refractivity contribution >= 4 is 33.3 Å². The number of benzene rings is 1. The maximum absolute atomic E-state index is 9.39. The summed E-state index contributed by atoms with van der Waals surface area (Å²) in [6, 6.07) is 9.58. The highest BCUT2D eigenvalue weighted by molar-refractivity contribution is 9.10. The second kappa shape index (κ2) is 6.37. The molecule has 0 radical (unpaired) electrons. The van der Waals surface area contributed by atoms with Crippen molar-refractivity contribution in [2.75, 3.05) is 11.9 Å². The van der Waals surface area contributed by atoms with Crippen LogP contribution in [-0.2, 0) is 13.2 Å². The number of pyridine rings is 1. The van der Waals surface area contributed by atoms with Gasteiger partial charge in [-0.25, -0.2) is 4.98 Å². The molecule has 19 heavy (non-hydrogen) atoms. The lowest BCUT2D eigenvalue weighted by molar-refractivity contribution is 0.281. The summed E-state index contributed by atoms with van der Waals surface area (Å²) in [4.78, 5) is 6.36. The van der Waals surface area contributed by atoms with Gasteiger partial charge in [0.15, 0.2) is 0 Å². The number of aromatic nitrogens is 1. The molecule has 1 heterocycles. The van der Waals surface area contributed by atoms with E-state index in [-0.39, 0.29) is 6.61 Å². The van der Waals surface area contributed by atoms with E-state index in [9.17, 15) is 5.11 Å². The van der Waals surface area contributed by atoms with Crippen LogP contribution in [0.5, 0.6) is 0 Å². The molecule has 2 aromatic rings. The zero-order chi connectivity index (χ0) is 13.8. The standard InChI is InChI=1S/C14H14BrClN2O/c1-18(8-10-2-4-13(16)5-3-10)14-11(9-19)6-12(15)7-17-14/h2-7,19H,8-9H2,1H3. The van der Waals surface area contributed by atoms with Crippen LogP contribution in [0.2, 0.25) is 5.02 Å². The summed E-state index contributed by atoms with van der Waals surface area (Å²) >= 11 is 9.22. The highest BCUT2D eigenvalue weighted by atomic mass is 79.9. The molecular weight excluding hydrogens is 328 g/mol. The van der Waals surface area contributed by atoms with Crippen molar-refractivity contribution in [2.45, 2.75) is 13.2 Å². The first-order valence-corrected chi connectivity index (χ1v) is 6.98. The quantitative estimate of drug-likeness (QED) is 0.922. The van der Waals surface area contributed by atoms with E-state index in [1.54, 1.807) is 6.20 Å². The average molecular weight is 342 g/mol. The zero-order valence-corrected chi connectivity index (χ0v) is 12.8. The lowest BCUT2D eigenvalue weighted by atomic mass is 10.2. The van der Waals surface area contributed by atoms with Gasteiger partial charge in [0.25, 0.3) is 0 Å². The third-order valence-electron chi connectivity index (χ3n) is 2.77. The number of anilines is 1. The highest BCUT2D eigenvalue weighted by Crippen LogP contribution is 2.22. The van der Waals surface area contributed by atoms with Crippen LogP contribution in [0.25, 0.3) is 0 Å². The van der Waals surface area contributed by atoms with Gasteiger partial charge >= 0.3 is 0 Å². The Morgan fingerprint density at radius 1 is 1.32 bits per heavy atom. The predicted molar refractivity (Wildman–Crippen MR) is 81.4 cm³/mol. The summed E-state index contributed by atoms with van der Waals surface area (Å²) in [6.45, 7) is 0.672. The van der Waals surface area contributed by atoms with Crippen molar-refractivity contribution in [1.29, 1.82) is 0 Å². The van der Waals surface area contributed by atoms with Gasteiger partial charge in [0.05, 0.1) is 6.61 Å². The molecule has 0 fully saturated rings. The Kier molecular flexibility index (Phi) is 4.80. The van der Waals surface area contributed by atoms with Crippen LogP contribution in [0.4, 0.5) is 5.82 Å². The van der Waals surface area contributed by atoms with Crippen molar-refractivity contribution in [2.24, 2.45) is 0 Å². The first-order chi connectivity index (χ1) is 9.10. The normalized spacial score (nSPS) is 10.5. The van der Waals surface area contributed by atoms with Crippen molar-refractivity contribution in [3.63, 3.8) is 0 Å². The summed E-state index contributed by atoms with van der Waals surface area (Å²) < 4.78 is 0.861. The molecule has 0 bridgehead atoms. The van der Waals surface area contributed by atoms with Crippen LogP contribution in [0.15, 0.2) is 41.0 Å². The Hall–Kier alpha value is -1.10. The van der Waals surface area contributed by atoms with E-state index in [4.69, 9.17) is 11.6 Å². The zero-order valence-electron chi connectivity index (χ0n) is 10.5. The molecule has 0 atom stereocenters. The molecule has 0 saturated heterocycles. The molecule has 1 N–H and O–H groups in total. The molecule has 100 valence electrons. The molecule has 0 spiro atoms. The van der Waals surface area contributed by atoms with E-state index < -0.39 is 0 Å². The first-order valence-electron chi connectivity index (χ1n) is 5.81. The van der Waals surface area contributed by atoms with Crippen molar-refractivity contribution in [3.8, 4) is 0 Å². The maximum Gasteiger partial charge on any atom is 0.134 e. The molecule has 0 aliphatic carbocycles. The Morgan fingerprint density at radius 2 is 2.00 bits per heavy atom. The molecule has 0 unspecified atom stereocenters. The van der Waals surface area contributed by atoms with E-state index in [1.807, 2.05) is 42.3 Å². The SMILES string of the molecule is CN(Cc1ccc(Cl)cc1)c1ncc(Br)cc1CO. The number of nitrogens with zero attached hydrogens (tertiary/aromatic N) is 2. The van der Waals surface area contributed by atoms with Crippen LogP contribution < -0.4 is 4.90 Å². The molecule has 1 aromatic heterocycles. The Bertz CT molecular complexity index is 560. The van der Waals surface area contributed by atoms with Crippen LogP contribution >= 0.6 is 27.5 Å². The third-order valence-corrected chi connectivity index (χ3v) is 3.46. The second-order valence-electron chi connectivity index (χ2n) is 4.28. The average Bonchev–Trinajstić information content (AvgIpc) is 2.41. The minimum absolute atomic E-state index is 0.0350. The molecule has 0 aliphatic heterocycles. The molecule has 0 aliphatic rings. The van der Waals surface area contributed by atoms with E-state index in [0.29, 0.717) is 6.54 Å². The largest absolute Gasteiger partial charge is 0.392 e. The smallest absolute Gasteiger partial charge is 0.134 e. The van der Waals surface area contributed by atoms with E-state index >= 15 is 0 Å². The minimum atomic E-state index is -0.0350. The van der Waals surface area contributed by atoms with Gasteiger partial charge in [-0.1, -0.05) is 23.7 Å². The van der Waals surface area contributed by atoms with E-state index in [1.165, 1.54) is 0 Å². The number of hydrogen-bond acceptors (Lipinski definition) is 3. The third kappa shape index (κ3) is 3.69. The van der Waals surface area contributed by atoms with Gasteiger partial charge in [0, 0.05) is 34.8 Å². The molecule has 5 heteroatoms. The van der Waals surface area contributed by atoms with Crippen molar-refractivity contribution in [1.82, 2.24) is 4.98 Å². The molecule has 1 aromatic carbocycles. The monoisotopic (exact) mass is 340 g/mol. The van der Waals surface area contributed by atoms with Crippen molar-refractivity contribution < 1.29 is 5.11 Å². The topological polar surface area (TPSA) is 36.4 Å². The lowest BCUT2D eigenvalue weighted by Crippen LogP contribution is -2.19. The molecular formula is C14H14BrClN2O. The summed E-state index contributed by atoms with van der Waals surface area (Å²) in [6.07, 6.45) is 1.73. The van der Waals surface area contributed by atoms with Crippen LogP contribution in [0.3, 0.4) is 0 Å². The number of aliphatic hydroxyl groups excluding tert-OH is 1. The number of rotatable bonds is 4. The highest BCUT2D eigenvalue weighted by Gasteiger charge is 2.09. The first kappa shape index (κ1) is 14.3. The fourth-order valence-electron chi connectivity index (χ4n) is 1.87. The van der Waals surface area contributed by atoms with Gasteiger partial charge in [-0.05, 0) is 39.7 Å². The summed E-state index contributed by atoms with van der Waals surface area (Å²) in [5.74, 6) is 0.778. The van der Waals surface area contributed by atoms with Gasteiger partial charge < -0.3 is 10.0 Å².